The quantitative estimate of drug-likeness (QED) is 0.562. The molecule has 2 heteroatoms. The second-order valence-electron chi connectivity index (χ2n) is 5.24. The Kier molecular flexibility index (Phi) is 1.25. The van der Waals surface area contributed by atoms with Gasteiger partial charge in [-0.2, -0.15) is 0 Å². The van der Waals surface area contributed by atoms with Gasteiger partial charge in [0.1, 0.15) is 0 Å². The molecule has 4 fully saturated rings. The van der Waals surface area contributed by atoms with E-state index >= 15 is 0 Å². The van der Waals surface area contributed by atoms with Crippen molar-refractivity contribution in [3.63, 3.8) is 0 Å². The average molecular weight is 167 g/mol. The fraction of sp³-hybridized carbons (Fsp3) is 1.00. The molecule has 3 N–H and O–H groups in total. The highest BCUT2D eigenvalue weighted by Crippen LogP contribution is 2.54. The lowest BCUT2D eigenvalue weighted by molar-refractivity contribution is -0.139. The summed E-state index contributed by atoms with van der Waals surface area (Å²) >= 11 is 0. The first-order chi connectivity index (χ1) is 5.67. The van der Waals surface area contributed by atoms with Crippen molar-refractivity contribution in [2.45, 2.75) is 43.7 Å². The summed E-state index contributed by atoms with van der Waals surface area (Å²) in [5, 5.41) is 10.2. The predicted molar refractivity (Wildman–Crippen MR) is 46.5 cm³/mol. The summed E-state index contributed by atoms with van der Waals surface area (Å²) in [4.78, 5) is 0. The topological polar surface area (TPSA) is 46.2 Å². The minimum atomic E-state index is -0.464. The lowest BCUT2D eigenvalue weighted by Gasteiger charge is -2.57. The lowest BCUT2D eigenvalue weighted by Crippen LogP contribution is -2.63. The lowest BCUT2D eigenvalue weighted by atomic mass is 9.52. The Bertz CT molecular complexity index is 202. The van der Waals surface area contributed by atoms with E-state index in [4.69, 9.17) is 5.73 Å². The van der Waals surface area contributed by atoms with Gasteiger partial charge in [-0.3, -0.25) is 0 Å². The predicted octanol–water partition coefficient (Wildman–Crippen LogP) is 0.885. The van der Waals surface area contributed by atoms with Gasteiger partial charge in [-0.1, -0.05) is 0 Å². The molecule has 0 amide bonds. The van der Waals surface area contributed by atoms with Crippen LogP contribution in [0.15, 0.2) is 0 Å². The third kappa shape index (κ3) is 0.775. The van der Waals surface area contributed by atoms with Gasteiger partial charge >= 0.3 is 0 Å². The summed E-state index contributed by atoms with van der Waals surface area (Å²) in [6.45, 7) is 0. The van der Waals surface area contributed by atoms with Crippen LogP contribution < -0.4 is 5.73 Å². The molecule has 0 aromatic heterocycles. The Morgan fingerprint density at radius 1 is 1.08 bits per heavy atom. The first kappa shape index (κ1) is 7.34. The van der Waals surface area contributed by atoms with Crippen molar-refractivity contribution in [2.24, 2.45) is 23.5 Å². The van der Waals surface area contributed by atoms with Gasteiger partial charge in [0.2, 0.25) is 0 Å². The number of hydrogen-bond acceptors (Lipinski definition) is 2. The van der Waals surface area contributed by atoms with Crippen LogP contribution in [0.5, 0.6) is 0 Å². The molecule has 0 saturated heterocycles. The maximum absolute atomic E-state index is 10.2. The summed E-state index contributed by atoms with van der Waals surface area (Å²) in [7, 11) is 0. The van der Waals surface area contributed by atoms with E-state index in [0.717, 1.165) is 24.7 Å². The third-order valence-electron chi connectivity index (χ3n) is 4.35. The van der Waals surface area contributed by atoms with Gasteiger partial charge in [-0.15, -0.1) is 0 Å². The largest absolute Gasteiger partial charge is 0.388 e. The first-order valence-electron chi connectivity index (χ1n) is 5.15. The molecular weight excluding hydrogens is 150 g/mol. The van der Waals surface area contributed by atoms with Crippen LogP contribution in [0.25, 0.3) is 0 Å². The van der Waals surface area contributed by atoms with Crippen LogP contribution >= 0.6 is 0 Å². The monoisotopic (exact) mass is 167 g/mol. The van der Waals surface area contributed by atoms with E-state index in [1.165, 1.54) is 19.3 Å². The molecule has 4 rings (SSSR count). The Hall–Kier alpha value is -0.0800. The molecule has 2 nitrogen and oxygen atoms in total. The van der Waals surface area contributed by atoms with Crippen LogP contribution in [0.1, 0.15) is 32.1 Å². The SMILES string of the molecule is NC1C2CC3CC(C2)CC1(O)C3. The smallest absolute Gasteiger partial charge is 0.0805 e. The Labute approximate surface area is 73.1 Å². The second-order valence-corrected chi connectivity index (χ2v) is 5.24. The van der Waals surface area contributed by atoms with Gasteiger partial charge in [0, 0.05) is 6.04 Å². The maximum Gasteiger partial charge on any atom is 0.0805 e. The van der Waals surface area contributed by atoms with Gasteiger partial charge < -0.3 is 10.8 Å². The fourth-order valence-electron chi connectivity index (χ4n) is 4.04. The van der Waals surface area contributed by atoms with E-state index in [-0.39, 0.29) is 6.04 Å². The average Bonchev–Trinajstić information content (AvgIpc) is 1.98. The minimum Gasteiger partial charge on any atom is -0.388 e. The van der Waals surface area contributed by atoms with E-state index < -0.39 is 5.60 Å². The van der Waals surface area contributed by atoms with Crippen LogP contribution in [-0.4, -0.2) is 16.7 Å². The van der Waals surface area contributed by atoms with Crippen molar-refractivity contribution >= 4 is 0 Å². The molecule has 3 unspecified atom stereocenters. The second kappa shape index (κ2) is 2.05. The Morgan fingerprint density at radius 3 is 2.17 bits per heavy atom. The molecule has 12 heavy (non-hydrogen) atoms. The Balaban J connectivity index is 1.97. The standard InChI is InChI=1S/C10H17NO/c11-9-8-2-6-1-7(3-8)5-10(9,12)4-6/h6-9,12H,1-5,11H2. The molecule has 0 radical (unpaired) electrons. The summed E-state index contributed by atoms with van der Waals surface area (Å²) < 4.78 is 0. The molecule has 3 atom stereocenters. The molecule has 0 heterocycles. The normalized spacial score (nSPS) is 62.5. The minimum absolute atomic E-state index is 0.0882. The van der Waals surface area contributed by atoms with Gasteiger partial charge in [0.15, 0.2) is 0 Å². The molecule has 0 aliphatic heterocycles. The molecule has 0 spiro atoms. The molecule has 4 aliphatic rings. The van der Waals surface area contributed by atoms with Crippen LogP contribution in [0.2, 0.25) is 0 Å². The summed E-state index contributed by atoms with van der Waals surface area (Å²) in [5.41, 5.74) is 5.59. The number of rotatable bonds is 0. The van der Waals surface area contributed by atoms with Gasteiger partial charge in [-0.25, -0.2) is 0 Å². The van der Waals surface area contributed by atoms with E-state index in [1.807, 2.05) is 0 Å². The van der Waals surface area contributed by atoms with Crippen LogP contribution in [0.3, 0.4) is 0 Å². The maximum atomic E-state index is 10.2. The van der Waals surface area contributed by atoms with Crippen molar-refractivity contribution in [2.75, 3.05) is 0 Å². The van der Waals surface area contributed by atoms with E-state index in [0.29, 0.717) is 5.92 Å². The fourth-order valence-corrected chi connectivity index (χ4v) is 4.04. The van der Waals surface area contributed by atoms with Crippen molar-refractivity contribution in [1.29, 1.82) is 0 Å². The summed E-state index contributed by atoms with van der Waals surface area (Å²) in [6.07, 6.45) is 5.92. The van der Waals surface area contributed by atoms with Crippen molar-refractivity contribution in [3.05, 3.63) is 0 Å². The number of aliphatic hydroxyl groups is 1. The third-order valence-corrected chi connectivity index (χ3v) is 4.35. The van der Waals surface area contributed by atoms with E-state index in [1.54, 1.807) is 0 Å². The number of nitrogens with two attached hydrogens (primary N) is 1. The molecular formula is C10H17NO. The molecule has 4 saturated carbocycles. The molecule has 0 aromatic rings. The highest BCUT2D eigenvalue weighted by atomic mass is 16.3. The van der Waals surface area contributed by atoms with Crippen molar-refractivity contribution < 1.29 is 5.11 Å². The molecule has 68 valence electrons. The van der Waals surface area contributed by atoms with Crippen LogP contribution in [0.4, 0.5) is 0 Å². The van der Waals surface area contributed by atoms with Crippen molar-refractivity contribution in [3.8, 4) is 0 Å². The van der Waals surface area contributed by atoms with Gasteiger partial charge in [0.25, 0.3) is 0 Å². The van der Waals surface area contributed by atoms with Gasteiger partial charge in [0.05, 0.1) is 5.60 Å². The van der Waals surface area contributed by atoms with Crippen LogP contribution in [-0.2, 0) is 0 Å². The molecule has 4 bridgehead atoms. The highest BCUT2D eigenvalue weighted by Gasteiger charge is 2.54. The number of hydrogen-bond donors (Lipinski definition) is 2. The zero-order valence-electron chi connectivity index (χ0n) is 7.37. The highest BCUT2D eigenvalue weighted by molar-refractivity contribution is 5.08. The zero-order chi connectivity index (χ0) is 8.34. The molecule has 0 aromatic carbocycles. The Morgan fingerprint density at radius 2 is 1.67 bits per heavy atom. The van der Waals surface area contributed by atoms with E-state index in [2.05, 4.69) is 0 Å². The molecule has 4 aliphatic carbocycles. The summed E-state index contributed by atoms with van der Waals surface area (Å²) in [6, 6.07) is 0.0882. The first-order valence-corrected chi connectivity index (χ1v) is 5.15. The summed E-state index contributed by atoms with van der Waals surface area (Å²) in [5.74, 6) is 2.24. The van der Waals surface area contributed by atoms with E-state index in [9.17, 15) is 5.11 Å². The zero-order valence-corrected chi connectivity index (χ0v) is 7.37. The van der Waals surface area contributed by atoms with Gasteiger partial charge in [-0.05, 0) is 49.9 Å². The van der Waals surface area contributed by atoms with Crippen molar-refractivity contribution in [1.82, 2.24) is 0 Å². The van der Waals surface area contributed by atoms with Crippen LogP contribution in [0, 0.1) is 17.8 Å².